The van der Waals surface area contributed by atoms with Crippen LogP contribution in [-0.4, -0.2) is 40.6 Å². The Hall–Kier alpha value is -1.00. The van der Waals surface area contributed by atoms with E-state index in [9.17, 15) is 9.90 Å². The van der Waals surface area contributed by atoms with Gasteiger partial charge in [0.05, 0.1) is 0 Å². The van der Waals surface area contributed by atoms with Gasteiger partial charge in [-0.05, 0) is 23.8 Å². The van der Waals surface area contributed by atoms with Gasteiger partial charge in [-0.25, -0.2) is 0 Å². The molecule has 2 rings (SSSR count). The molecule has 0 bridgehead atoms. The van der Waals surface area contributed by atoms with Crippen LogP contribution < -0.4 is 0 Å². The fourth-order valence-corrected chi connectivity index (χ4v) is 2.68. The molecule has 1 N–H and O–H groups in total. The minimum absolute atomic E-state index is 0.364. The Morgan fingerprint density at radius 3 is 2.82 bits per heavy atom. The second kappa shape index (κ2) is 5.56. The third-order valence-electron chi connectivity index (χ3n) is 3.21. The summed E-state index contributed by atoms with van der Waals surface area (Å²) >= 11 is 1.76. The van der Waals surface area contributed by atoms with Gasteiger partial charge in [0.25, 0.3) is 0 Å². The van der Waals surface area contributed by atoms with Crippen LogP contribution in [-0.2, 0) is 17.8 Å². The van der Waals surface area contributed by atoms with Crippen molar-refractivity contribution in [2.75, 3.05) is 18.6 Å². The maximum Gasteiger partial charge on any atom is 0.321 e. The molecule has 1 aromatic carbocycles. The minimum Gasteiger partial charge on any atom is -0.480 e. The van der Waals surface area contributed by atoms with Crippen LogP contribution >= 0.6 is 11.8 Å². The Balaban J connectivity index is 2.18. The predicted molar refractivity (Wildman–Crippen MR) is 70.4 cm³/mol. The van der Waals surface area contributed by atoms with Crippen LogP contribution in [0.5, 0.6) is 0 Å². The van der Waals surface area contributed by atoms with E-state index in [-0.39, 0.29) is 6.04 Å². The molecule has 0 radical (unpaired) electrons. The van der Waals surface area contributed by atoms with Gasteiger partial charge in [-0.3, -0.25) is 9.69 Å². The van der Waals surface area contributed by atoms with E-state index in [0.717, 1.165) is 18.8 Å². The van der Waals surface area contributed by atoms with Crippen LogP contribution in [0.25, 0.3) is 0 Å². The molecule has 0 saturated heterocycles. The highest BCUT2D eigenvalue weighted by Crippen LogP contribution is 2.23. The first-order chi connectivity index (χ1) is 8.22. The molecule has 4 heteroatoms. The SMILES string of the molecule is CSCCN1Cc2ccccc2C[C@H]1C(=O)O. The molecule has 0 fully saturated rings. The number of nitrogens with zero attached hydrogens (tertiary/aromatic N) is 1. The van der Waals surface area contributed by atoms with E-state index >= 15 is 0 Å². The van der Waals surface area contributed by atoms with Crippen LogP contribution in [0.3, 0.4) is 0 Å². The number of hydrogen-bond donors (Lipinski definition) is 1. The van der Waals surface area contributed by atoms with Crippen molar-refractivity contribution < 1.29 is 9.90 Å². The minimum atomic E-state index is -0.708. The molecule has 1 atom stereocenters. The zero-order valence-electron chi connectivity index (χ0n) is 9.93. The van der Waals surface area contributed by atoms with E-state index < -0.39 is 5.97 Å². The van der Waals surface area contributed by atoms with Crippen LogP contribution in [0.1, 0.15) is 11.1 Å². The van der Waals surface area contributed by atoms with Gasteiger partial charge in [0.15, 0.2) is 0 Å². The number of fused-ring (bicyclic) bond motifs is 1. The fraction of sp³-hybridized carbons (Fsp3) is 0.462. The molecule has 0 aromatic heterocycles. The van der Waals surface area contributed by atoms with Crippen molar-refractivity contribution in [3.8, 4) is 0 Å². The smallest absolute Gasteiger partial charge is 0.321 e. The van der Waals surface area contributed by atoms with Crippen LogP contribution in [0, 0.1) is 0 Å². The molecule has 0 saturated carbocycles. The van der Waals surface area contributed by atoms with Crippen LogP contribution in [0.15, 0.2) is 24.3 Å². The highest BCUT2D eigenvalue weighted by molar-refractivity contribution is 7.98. The van der Waals surface area contributed by atoms with Gasteiger partial charge in [0.1, 0.15) is 6.04 Å². The van der Waals surface area contributed by atoms with Gasteiger partial charge in [-0.1, -0.05) is 24.3 Å². The number of benzene rings is 1. The summed E-state index contributed by atoms with van der Waals surface area (Å²) in [4.78, 5) is 13.4. The highest BCUT2D eigenvalue weighted by atomic mass is 32.2. The van der Waals surface area contributed by atoms with Crippen molar-refractivity contribution in [3.63, 3.8) is 0 Å². The average Bonchev–Trinajstić information content (AvgIpc) is 2.35. The summed E-state index contributed by atoms with van der Waals surface area (Å²) in [7, 11) is 0. The Morgan fingerprint density at radius 1 is 1.47 bits per heavy atom. The molecule has 92 valence electrons. The molecule has 17 heavy (non-hydrogen) atoms. The van der Waals surface area contributed by atoms with Gasteiger partial charge < -0.3 is 5.11 Å². The maximum atomic E-state index is 11.3. The molecule has 1 aromatic rings. The van der Waals surface area contributed by atoms with Crippen LogP contribution in [0.2, 0.25) is 0 Å². The molecule has 0 unspecified atom stereocenters. The van der Waals surface area contributed by atoms with E-state index in [4.69, 9.17) is 0 Å². The zero-order valence-corrected chi connectivity index (χ0v) is 10.7. The second-order valence-electron chi connectivity index (χ2n) is 4.29. The summed E-state index contributed by atoms with van der Waals surface area (Å²) in [5.74, 6) is 0.270. The summed E-state index contributed by atoms with van der Waals surface area (Å²) in [5, 5.41) is 9.29. The molecule has 0 aliphatic carbocycles. The van der Waals surface area contributed by atoms with E-state index in [2.05, 4.69) is 11.0 Å². The Bertz CT molecular complexity index is 408. The van der Waals surface area contributed by atoms with Crippen molar-refractivity contribution in [1.29, 1.82) is 0 Å². The summed E-state index contributed by atoms with van der Waals surface area (Å²) in [5.41, 5.74) is 2.45. The van der Waals surface area contributed by atoms with E-state index in [1.54, 1.807) is 11.8 Å². The van der Waals surface area contributed by atoms with Gasteiger partial charge in [0, 0.05) is 18.8 Å². The monoisotopic (exact) mass is 251 g/mol. The van der Waals surface area contributed by atoms with Gasteiger partial charge in [-0.2, -0.15) is 11.8 Å². The van der Waals surface area contributed by atoms with Gasteiger partial charge in [-0.15, -0.1) is 0 Å². The molecule has 0 amide bonds. The number of aliphatic carboxylic acids is 1. The summed E-state index contributed by atoms with van der Waals surface area (Å²) in [6.45, 7) is 1.60. The lowest BCUT2D eigenvalue weighted by Crippen LogP contribution is -2.46. The predicted octanol–water partition coefficient (Wildman–Crippen LogP) is 1.86. The molecular formula is C13H17NO2S. The fourth-order valence-electron chi connectivity index (χ4n) is 2.26. The lowest BCUT2D eigenvalue weighted by Gasteiger charge is -2.34. The first-order valence-electron chi connectivity index (χ1n) is 5.75. The quantitative estimate of drug-likeness (QED) is 0.887. The first kappa shape index (κ1) is 12.5. The lowest BCUT2D eigenvalue weighted by molar-refractivity contribution is -0.143. The molecule has 3 nitrogen and oxygen atoms in total. The van der Waals surface area contributed by atoms with E-state index in [1.165, 1.54) is 11.1 Å². The summed E-state index contributed by atoms with van der Waals surface area (Å²) in [6, 6.07) is 7.77. The van der Waals surface area contributed by atoms with E-state index in [0.29, 0.717) is 6.42 Å². The molecule has 1 aliphatic rings. The van der Waals surface area contributed by atoms with Crippen molar-refractivity contribution in [2.45, 2.75) is 19.0 Å². The van der Waals surface area contributed by atoms with Crippen molar-refractivity contribution in [1.82, 2.24) is 4.90 Å². The third-order valence-corrected chi connectivity index (χ3v) is 3.80. The standard InChI is InChI=1S/C13H17NO2S/c1-17-7-6-14-9-11-5-3-2-4-10(11)8-12(14)13(15)16/h2-5,12H,6-9H2,1H3,(H,15,16)/t12-/m0/s1. The summed E-state index contributed by atoms with van der Waals surface area (Å²) < 4.78 is 0. The lowest BCUT2D eigenvalue weighted by atomic mass is 9.94. The average molecular weight is 251 g/mol. The number of carbonyl (C=O) groups is 1. The third kappa shape index (κ3) is 2.82. The Kier molecular flexibility index (Phi) is 4.07. The summed E-state index contributed by atoms with van der Waals surface area (Å²) in [6.07, 6.45) is 2.67. The number of carboxylic acid groups (broad SMARTS) is 1. The maximum absolute atomic E-state index is 11.3. The van der Waals surface area contributed by atoms with Crippen molar-refractivity contribution in [2.24, 2.45) is 0 Å². The number of thioether (sulfide) groups is 1. The molecule has 0 spiro atoms. The van der Waals surface area contributed by atoms with E-state index in [1.807, 2.05) is 24.5 Å². The largest absolute Gasteiger partial charge is 0.480 e. The second-order valence-corrected chi connectivity index (χ2v) is 5.28. The van der Waals surface area contributed by atoms with Crippen molar-refractivity contribution >= 4 is 17.7 Å². The Labute approximate surface area is 106 Å². The first-order valence-corrected chi connectivity index (χ1v) is 7.14. The van der Waals surface area contributed by atoms with Crippen LogP contribution in [0.4, 0.5) is 0 Å². The molecule has 1 heterocycles. The topological polar surface area (TPSA) is 40.5 Å². The van der Waals surface area contributed by atoms with Gasteiger partial charge in [0.2, 0.25) is 0 Å². The number of carboxylic acids is 1. The van der Waals surface area contributed by atoms with Crippen molar-refractivity contribution in [3.05, 3.63) is 35.4 Å². The number of hydrogen-bond acceptors (Lipinski definition) is 3. The zero-order chi connectivity index (χ0) is 12.3. The molecule has 1 aliphatic heterocycles. The number of rotatable bonds is 4. The molecular weight excluding hydrogens is 234 g/mol. The van der Waals surface area contributed by atoms with Gasteiger partial charge >= 0.3 is 5.97 Å². The highest BCUT2D eigenvalue weighted by Gasteiger charge is 2.30. The normalized spacial score (nSPS) is 19.9. The Morgan fingerprint density at radius 2 is 2.18 bits per heavy atom.